The molecule has 146 valence electrons. The van der Waals surface area contributed by atoms with Crippen LogP contribution in [-0.4, -0.2) is 19.3 Å². The Morgan fingerprint density at radius 3 is 2.30 bits per heavy atom. The lowest BCUT2D eigenvalue weighted by Gasteiger charge is -2.14. The Bertz CT molecular complexity index is 1420. The molecule has 5 rings (SSSR count). The summed E-state index contributed by atoms with van der Waals surface area (Å²) in [5, 5.41) is 5.65. The van der Waals surface area contributed by atoms with Crippen LogP contribution in [0.15, 0.2) is 89.9 Å². The number of rotatable bonds is 3. The van der Waals surface area contributed by atoms with Gasteiger partial charge in [-0.3, -0.25) is 9.36 Å². The minimum atomic E-state index is -0.165. The van der Waals surface area contributed by atoms with Crippen LogP contribution in [0.4, 0.5) is 0 Å². The number of hydrogen-bond donors (Lipinski definition) is 0. The summed E-state index contributed by atoms with van der Waals surface area (Å²) >= 11 is 6.07. The van der Waals surface area contributed by atoms with Crippen LogP contribution in [0.3, 0.4) is 0 Å². The lowest BCUT2D eigenvalue weighted by Crippen LogP contribution is -2.22. The number of benzene rings is 3. The molecule has 30 heavy (non-hydrogen) atoms. The van der Waals surface area contributed by atoms with Crippen LogP contribution in [0, 0.1) is 6.92 Å². The van der Waals surface area contributed by atoms with Crippen molar-refractivity contribution in [2.24, 2.45) is 0 Å². The third-order valence-electron chi connectivity index (χ3n) is 5.03. The molecule has 0 fully saturated rings. The molecule has 0 atom stereocenters. The van der Waals surface area contributed by atoms with Gasteiger partial charge in [0.1, 0.15) is 11.2 Å². The molecule has 0 bridgehead atoms. The highest BCUT2D eigenvalue weighted by Crippen LogP contribution is 2.25. The number of halogens is 1. The molecule has 0 radical (unpaired) electrons. The van der Waals surface area contributed by atoms with Crippen molar-refractivity contribution < 1.29 is 0 Å². The quantitative estimate of drug-likeness (QED) is 0.409. The van der Waals surface area contributed by atoms with Gasteiger partial charge in [-0.1, -0.05) is 48.0 Å². The molecule has 0 amide bonds. The first-order valence-electron chi connectivity index (χ1n) is 9.51. The zero-order valence-corrected chi connectivity index (χ0v) is 16.9. The SMILES string of the molecule is Cc1ccccc1-n1c(-c2ccc(Cl)cc2)nc2nn(-c3ccccc3)cc2c1=O. The van der Waals surface area contributed by atoms with Gasteiger partial charge in [0.05, 0.1) is 11.4 Å². The van der Waals surface area contributed by atoms with Gasteiger partial charge in [-0.25, -0.2) is 9.67 Å². The van der Waals surface area contributed by atoms with Crippen LogP contribution < -0.4 is 5.56 Å². The number of fused-ring (bicyclic) bond motifs is 1. The smallest absolute Gasteiger partial charge is 0.268 e. The molecule has 0 aliphatic carbocycles. The highest BCUT2D eigenvalue weighted by Gasteiger charge is 2.18. The van der Waals surface area contributed by atoms with Crippen LogP contribution in [0.5, 0.6) is 0 Å². The fourth-order valence-corrected chi connectivity index (χ4v) is 3.63. The van der Waals surface area contributed by atoms with E-state index in [9.17, 15) is 4.79 Å². The minimum Gasteiger partial charge on any atom is -0.268 e. The van der Waals surface area contributed by atoms with E-state index >= 15 is 0 Å². The summed E-state index contributed by atoms with van der Waals surface area (Å²) in [6.45, 7) is 1.98. The van der Waals surface area contributed by atoms with Crippen LogP contribution in [0.1, 0.15) is 5.56 Å². The highest BCUT2D eigenvalue weighted by atomic mass is 35.5. The normalized spacial score (nSPS) is 11.1. The molecule has 0 saturated carbocycles. The first kappa shape index (κ1) is 18.3. The van der Waals surface area contributed by atoms with E-state index in [4.69, 9.17) is 16.6 Å². The minimum absolute atomic E-state index is 0.165. The van der Waals surface area contributed by atoms with Crippen molar-refractivity contribution in [1.82, 2.24) is 19.3 Å². The van der Waals surface area contributed by atoms with Gasteiger partial charge < -0.3 is 0 Å². The topological polar surface area (TPSA) is 52.7 Å². The number of aryl methyl sites for hydroxylation is 1. The molecule has 0 saturated heterocycles. The molecule has 6 heteroatoms. The van der Waals surface area contributed by atoms with Crippen molar-refractivity contribution in [1.29, 1.82) is 0 Å². The second-order valence-corrected chi connectivity index (χ2v) is 7.45. The van der Waals surface area contributed by atoms with Crippen LogP contribution >= 0.6 is 11.6 Å². The molecule has 0 unspecified atom stereocenters. The van der Waals surface area contributed by atoms with E-state index in [1.165, 1.54) is 0 Å². The van der Waals surface area contributed by atoms with E-state index in [0.717, 1.165) is 22.5 Å². The van der Waals surface area contributed by atoms with Crippen molar-refractivity contribution in [3.63, 3.8) is 0 Å². The lowest BCUT2D eigenvalue weighted by atomic mass is 10.1. The van der Waals surface area contributed by atoms with Crippen molar-refractivity contribution in [2.45, 2.75) is 6.92 Å². The number of hydrogen-bond acceptors (Lipinski definition) is 3. The predicted octanol–water partition coefficient (Wildman–Crippen LogP) is 5.20. The van der Waals surface area contributed by atoms with Gasteiger partial charge in [-0.2, -0.15) is 0 Å². The van der Waals surface area contributed by atoms with Crippen LogP contribution in [-0.2, 0) is 0 Å². The maximum Gasteiger partial charge on any atom is 0.269 e. The third kappa shape index (κ3) is 3.09. The molecule has 0 aliphatic rings. The lowest BCUT2D eigenvalue weighted by molar-refractivity contribution is 0.887. The van der Waals surface area contributed by atoms with E-state index in [-0.39, 0.29) is 5.56 Å². The maximum atomic E-state index is 13.6. The Labute approximate surface area is 177 Å². The van der Waals surface area contributed by atoms with Crippen molar-refractivity contribution in [3.05, 3.63) is 106 Å². The van der Waals surface area contributed by atoms with Gasteiger partial charge in [0.15, 0.2) is 5.65 Å². The largest absolute Gasteiger partial charge is 0.269 e. The van der Waals surface area contributed by atoms with E-state index in [1.807, 2.05) is 73.7 Å². The monoisotopic (exact) mass is 412 g/mol. The van der Waals surface area contributed by atoms with Gasteiger partial charge in [0.2, 0.25) is 0 Å². The van der Waals surface area contributed by atoms with E-state index < -0.39 is 0 Å². The molecule has 0 N–H and O–H groups in total. The molecule has 2 aromatic heterocycles. The summed E-state index contributed by atoms with van der Waals surface area (Å²) in [6, 6.07) is 24.7. The Morgan fingerprint density at radius 1 is 0.867 bits per heavy atom. The summed E-state index contributed by atoms with van der Waals surface area (Å²) in [4.78, 5) is 18.4. The highest BCUT2D eigenvalue weighted by molar-refractivity contribution is 6.30. The standard InChI is InChI=1S/C24H17ClN4O/c1-16-7-5-6-10-21(16)29-23(17-11-13-18(25)14-12-17)26-22-20(24(29)30)15-28(27-22)19-8-3-2-4-9-19/h2-15H,1H3. The van der Waals surface area contributed by atoms with Gasteiger partial charge in [-0.15, -0.1) is 5.10 Å². The molecule has 5 aromatic rings. The molecular formula is C24H17ClN4O. The van der Waals surface area contributed by atoms with E-state index in [0.29, 0.717) is 21.9 Å². The summed E-state index contributed by atoms with van der Waals surface area (Å²) in [5.74, 6) is 0.525. The van der Waals surface area contributed by atoms with Gasteiger partial charge in [0.25, 0.3) is 5.56 Å². The first-order chi connectivity index (χ1) is 14.6. The van der Waals surface area contributed by atoms with Crippen molar-refractivity contribution >= 4 is 22.6 Å². The Hall–Kier alpha value is -3.70. The average Bonchev–Trinajstić information content (AvgIpc) is 3.20. The number of nitrogens with zero attached hydrogens (tertiary/aromatic N) is 4. The summed E-state index contributed by atoms with van der Waals surface area (Å²) in [6.07, 6.45) is 1.74. The van der Waals surface area contributed by atoms with Crippen molar-refractivity contribution in [3.8, 4) is 22.8 Å². The fraction of sp³-hybridized carbons (Fsp3) is 0.0417. The number of aromatic nitrogens is 4. The first-order valence-corrected chi connectivity index (χ1v) is 9.89. The maximum absolute atomic E-state index is 13.6. The predicted molar refractivity (Wildman–Crippen MR) is 120 cm³/mol. The molecular weight excluding hydrogens is 396 g/mol. The average molecular weight is 413 g/mol. The van der Waals surface area contributed by atoms with Crippen LogP contribution in [0.25, 0.3) is 33.8 Å². The summed E-state index contributed by atoms with van der Waals surface area (Å²) < 4.78 is 3.34. The molecule has 0 spiro atoms. The van der Waals surface area contributed by atoms with Gasteiger partial charge in [0, 0.05) is 16.8 Å². The molecule has 0 aliphatic heterocycles. The van der Waals surface area contributed by atoms with Crippen molar-refractivity contribution in [2.75, 3.05) is 0 Å². The molecule has 2 heterocycles. The second kappa shape index (κ2) is 7.28. The van der Waals surface area contributed by atoms with Crippen LogP contribution in [0.2, 0.25) is 5.02 Å². The van der Waals surface area contributed by atoms with Gasteiger partial charge >= 0.3 is 0 Å². The Balaban J connectivity index is 1.84. The Kier molecular flexibility index (Phi) is 4.45. The van der Waals surface area contributed by atoms with Gasteiger partial charge in [-0.05, 0) is 55.0 Å². The van der Waals surface area contributed by atoms with E-state index in [1.54, 1.807) is 27.6 Å². The number of para-hydroxylation sites is 2. The molecule has 3 aromatic carbocycles. The zero-order valence-electron chi connectivity index (χ0n) is 16.2. The third-order valence-corrected chi connectivity index (χ3v) is 5.28. The summed E-state index contributed by atoms with van der Waals surface area (Å²) in [7, 11) is 0. The Morgan fingerprint density at radius 2 is 1.57 bits per heavy atom. The molecule has 5 nitrogen and oxygen atoms in total. The fourth-order valence-electron chi connectivity index (χ4n) is 3.51. The van der Waals surface area contributed by atoms with E-state index in [2.05, 4.69) is 5.10 Å². The zero-order chi connectivity index (χ0) is 20.7. The second-order valence-electron chi connectivity index (χ2n) is 7.02. The summed E-state index contributed by atoms with van der Waals surface area (Å²) in [5.41, 5.74) is 3.65.